The number of rotatable bonds is 3. The van der Waals surface area contributed by atoms with Gasteiger partial charge in [0, 0.05) is 11.6 Å². The van der Waals surface area contributed by atoms with Gasteiger partial charge in [0.2, 0.25) is 0 Å². The highest BCUT2D eigenvalue weighted by molar-refractivity contribution is 9.10. The van der Waals surface area contributed by atoms with Crippen molar-refractivity contribution in [1.29, 1.82) is 0 Å². The van der Waals surface area contributed by atoms with Gasteiger partial charge in [-0.25, -0.2) is 0 Å². The lowest BCUT2D eigenvalue weighted by molar-refractivity contribution is 0.0517. The average molecular weight is 267 g/mol. The minimum atomic E-state index is 0.131. The van der Waals surface area contributed by atoms with Gasteiger partial charge in [-0.3, -0.25) is 0 Å². The second kappa shape index (κ2) is 4.69. The molecule has 72 valence electrons. The maximum Gasteiger partial charge on any atom is 0.188 e. The van der Waals surface area contributed by atoms with Gasteiger partial charge in [-0.1, -0.05) is 27.5 Å². The Morgan fingerprint density at radius 2 is 2.23 bits per heavy atom. The van der Waals surface area contributed by atoms with E-state index in [0.717, 1.165) is 4.47 Å². The van der Waals surface area contributed by atoms with Crippen molar-refractivity contribution in [2.24, 2.45) is 0 Å². The molecule has 0 atom stereocenters. The summed E-state index contributed by atoms with van der Waals surface area (Å²) < 4.78 is 10.7. The van der Waals surface area contributed by atoms with E-state index in [0.29, 0.717) is 16.5 Å². The van der Waals surface area contributed by atoms with E-state index < -0.39 is 0 Å². The first-order valence-corrected chi connectivity index (χ1v) is 4.68. The first kappa shape index (κ1) is 10.6. The molecule has 0 saturated carbocycles. The number of halogens is 2. The minimum Gasteiger partial charge on any atom is -0.464 e. The number of anilines is 1. The quantitative estimate of drug-likeness (QED) is 0.676. The van der Waals surface area contributed by atoms with Gasteiger partial charge >= 0.3 is 0 Å². The second-order valence-corrected chi connectivity index (χ2v) is 3.68. The van der Waals surface area contributed by atoms with Crippen molar-refractivity contribution in [3.05, 3.63) is 21.6 Å². The summed E-state index contributed by atoms with van der Waals surface area (Å²) in [4.78, 5) is 0. The minimum absolute atomic E-state index is 0.131. The van der Waals surface area contributed by atoms with E-state index in [2.05, 4.69) is 15.9 Å². The molecule has 0 unspecified atom stereocenters. The van der Waals surface area contributed by atoms with Crippen LogP contribution in [0.3, 0.4) is 0 Å². The van der Waals surface area contributed by atoms with Crippen molar-refractivity contribution in [1.82, 2.24) is 0 Å². The third kappa shape index (κ3) is 2.76. The second-order valence-electron chi connectivity index (χ2n) is 2.36. The molecule has 0 aromatic heterocycles. The topological polar surface area (TPSA) is 44.5 Å². The summed E-state index contributed by atoms with van der Waals surface area (Å²) in [5, 5.41) is 0.462. The van der Waals surface area contributed by atoms with Crippen LogP contribution in [0.1, 0.15) is 0 Å². The van der Waals surface area contributed by atoms with Crippen LogP contribution in [-0.2, 0) is 4.74 Å². The Bertz CT molecular complexity index is 283. The Morgan fingerprint density at radius 3 is 2.77 bits per heavy atom. The van der Waals surface area contributed by atoms with Gasteiger partial charge in [0.25, 0.3) is 0 Å². The first-order valence-electron chi connectivity index (χ1n) is 3.51. The Hall–Kier alpha value is -0.450. The van der Waals surface area contributed by atoms with Crippen LogP contribution in [0.2, 0.25) is 5.02 Å². The molecule has 0 saturated heterocycles. The van der Waals surface area contributed by atoms with Gasteiger partial charge in [-0.2, -0.15) is 0 Å². The van der Waals surface area contributed by atoms with Gasteiger partial charge in [-0.15, -0.1) is 0 Å². The van der Waals surface area contributed by atoms with Crippen LogP contribution in [0.15, 0.2) is 16.6 Å². The van der Waals surface area contributed by atoms with E-state index in [9.17, 15) is 0 Å². The Morgan fingerprint density at radius 1 is 1.54 bits per heavy atom. The summed E-state index contributed by atoms with van der Waals surface area (Å²) in [5.74, 6) is 0.451. The molecular weight excluding hydrogens is 257 g/mol. The van der Waals surface area contributed by atoms with E-state index in [1.807, 2.05) is 0 Å². The zero-order chi connectivity index (χ0) is 9.84. The average Bonchev–Trinajstić information content (AvgIpc) is 2.02. The fourth-order valence-electron chi connectivity index (χ4n) is 0.850. The Balaban J connectivity index is 2.92. The molecular formula is C8H9BrClNO2. The van der Waals surface area contributed by atoms with Crippen LogP contribution in [0.5, 0.6) is 5.75 Å². The first-order chi connectivity index (χ1) is 6.15. The summed E-state index contributed by atoms with van der Waals surface area (Å²) in [7, 11) is 1.53. The summed E-state index contributed by atoms with van der Waals surface area (Å²) >= 11 is 9.14. The van der Waals surface area contributed by atoms with Crippen molar-refractivity contribution in [2.45, 2.75) is 0 Å². The maximum atomic E-state index is 5.88. The molecule has 0 bridgehead atoms. The zero-order valence-corrected chi connectivity index (χ0v) is 9.35. The molecule has 2 N–H and O–H groups in total. The van der Waals surface area contributed by atoms with Crippen LogP contribution in [0.4, 0.5) is 5.69 Å². The third-order valence-corrected chi connectivity index (χ3v) is 2.10. The number of nitrogen functional groups attached to an aromatic ring is 1. The molecule has 0 amide bonds. The molecule has 0 aliphatic carbocycles. The molecule has 1 aromatic carbocycles. The van der Waals surface area contributed by atoms with Crippen molar-refractivity contribution in [2.75, 3.05) is 19.6 Å². The summed E-state index contributed by atoms with van der Waals surface area (Å²) in [6, 6.07) is 3.43. The summed E-state index contributed by atoms with van der Waals surface area (Å²) in [6.45, 7) is 0.131. The number of ether oxygens (including phenoxy) is 2. The van der Waals surface area contributed by atoms with Gasteiger partial charge in [0.1, 0.15) is 0 Å². The third-order valence-electron chi connectivity index (χ3n) is 1.36. The largest absolute Gasteiger partial charge is 0.464 e. The number of methoxy groups -OCH3 is 1. The van der Waals surface area contributed by atoms with E-state index >= 15 is 0 Å². The van der Waals surface area contributed by atoms with Crippen molar-refractivity contribution < 1.29 is 9.47 Å². The van der Waals surface area contributed by atoms with Gasteiger partial charge in [-0.05, 0) is 12.1 Å². The van der Waals surface area contributed by atoms with Crippen LogP contribution in [0.25, 0.3) is 0 Å². The summed E-state index contributed by atoms with van der Waals surface area (Å²) in [5.41, 5.74) is 6.15. The van der Waals surface area contributed by atoms with Gasteiger partial charge in [0.15, 0.2) is 12.5 Å². The molecule has 0 aliphatic rings. The molecule has 0 heterocycles. The molecule has 1 rings (SSSR count). The van der Waals surface area contributed by atoms with E-state index in [4.69, 9.17) is 26.8 Å². The Labute approximate surface area is 89.9 Å². The molecule has 0 aliphatic heterocycles. The predicted octanol–water partition coefficient (Wildman–Crippen LogP) is 2.67. The lowest BCUT2D eigenvalue weighted by atomic mass is 10.3. The van der Waals surface area contributed by atoms with Gasteiger partial charge < -0.3 is 15.2 Å². The molecule has 3 nitrogen and oxygen atoms in total. The molecule has 5 heteroatoms. The lowest BCUT2D eigenvalue weighted by Gasteiger charge is -2.09. The number of nitrogens with two attached hydrogens (primary N) is 1. The van der Waals surface area contributed by atoms with Crippen LogP contribution >= 0.6 is 27.5 Å². The predicted molar refractivity (Wildman–Crippen MR) is 56.1 cm³/mol. The van der Waals surface area contributed by atoms with Crippen LogP contribution in [-0.4, -0.2) is 13.9 Å². The normalized spacial score (nSPS) is 10.1. The maximum absolute atomic E-state index is 5.88. The fraction of sp³-hybridized carbons (Fsp3) is 0.250. The number of hydrogen-bond donors (Lipinski definition) is 1. The van der Waals surface area contributed by atoms with Crippen molar-refractivity contribution in [3.63, 3.8) is 0 Å². The monoisotopic (exact) mass is 265 g/mol. The van der Waals surface area contributed by atoms with Crippen molar-refractivity contribution >= 4 is 33.2 Å². The Kier molecular flexibility index (Phi) is 3.84. The lowest BCUT2D eigenvalue weighted by Crippen LogP contribution is -2.02. The standard InChI is InChI=1S/C8H9BrClNO2/c1-12-4-13-8-6(10)2-5(9)3-7(8)11/h2-3H,4,11H2,1H3. The smallest absolute Gasteiger partial charge is 0.188 e. The number of hydrogen-bond acceptors (Lipinski definition) is 3. The fourth-order valence-corrected chi connectivity index (χ4v) is 1.74. The molecule has 0 fully saturated rings. The van der Waals surface area contributed by atoms with Crippen molar-refractivity contribution in [3.8, 4) is 5.75 Å². The highest BCUT2D eigenvalue weighted by atomic mass is 79.9. The molecule has 0 radical (unpaired) electrons. The van der Waals surface area contributed by atoms with E-state index in [1.54, 1.807) is 12.1 Å². The molecule has 0 spiro atoms. The van der Waals surface area contributed by atoms with Gasteiger partial charge in [0.05, 0.1) is 10.7 Å². The molecule has 13 heavy (non-hydrogen) atoms. The highest BCUT2D eigenvalue weighted by Crippen LogP contribution is 2.34. The zero-order valence-electron chi connectivity index (χ0n) is 7.01. The van der Waals surface area contributed by atoms with E-state index in [-0.39, 0.29) is 6.79 Å². The molecule has 1 aromatic rings. The van der Waals surface area contributed by atoms with Crippen LogP contribution < -0.4 is 10.5 Å². The number of benzene rings is 1. The summed E-state index contributed by atoms with van der Waals surface area (Å²) in [6.07, 6.45) is 0. The SMILES string of the molecule is COCOc1c(N)cc(Br)cc1Cl. The van der Waals surface area contributed by atoms with E-state index in [1.165, 1.54) is 7.11 Å². The van der Waals surface area contributed by atoms with Crippen LogP contribution in [0, 0.1) is 0 Å². The highest BCUT2D eigenvalue weighted by Gasteiger charge is 2.07.